The van der Waals surface area contributed by atoms with Gasteiger partial charge in [-0.05, 0) is 36.8 Å². The summed E-state index contributed by atoms with van der Waals surface area (Å²) in [6.07, 6.45) is -1.44. The van der Waals surface area contributed by atoms with Gasteiger partial charge in [0.05, 0.1) is 16.8 Å². The average molecular weight is 394 g/mol. The molecular weight excluding hydrogens is 376 g/mol. The number of likely N-dealkylation sites (N-methyl/N-ethyl adjacent to an activating group) is 1. The summed E-state index contributed by atoms with van der Waals surface area (Å²) < 4.78 is 54.6. The van der Waals surface area contributed by atoms with Crippen molar-refractivity contribution in [2.45, 2.75) is 19.6 Å². The zero-order chi connectivity index (χ0) is 20.6. The second-order valence-electron chi connectivity index (χ2n) is 6.60. The number of fused-ring (bicyclic) bond motifs is 1. The van der Waals surface area contributed by atoms with E-state index >= 15 is 0 Å². The molecule has 5 nitrogen and oxygen atoms in total. The van der Waals surface area contributed by atoms with Crippen LogP contribution in [0, 0.1) is 12.7 Å². The Labute approximate surface area is 158 Å². The maximum absolute atomic E-state index is 14.3. The highest BCUT2D eigenvalue weighted by Crippen LogP contribution is 2.35. The fraction of sp³-hybridized carbons (Fsp3) is 0.263. The second-order valence-corrected chi connectivity index (χ2v) is 6.60. The van der Waals surface area contributed by atoms with Crippen molar-refractivity contribution in [2.75, 3.05) is 19.4 Å². The van der Waals surface area contributed by atoms with Gasteiger partial charge in [-0.15, -0.1) is 0 Å². The molecular formula is C19H18F4N4O. The molecule has 1 N–H and O–H groups in total. The van der Waals surface area contributed by atoms with E-state index in [1.165, 1.54) is 18.0 Å². The van der Waals surface area contributed by atoms with E-state index < -0.39 is 17.6 Å². The molecule has 0 unspecified atom stereocenters. The smallest absolute Gasteiger partial charge is 0.347 e. The molecule has 148 valence electrons. The van der Waals surface area contributed by atoms with Gasteiger partial charge in [-0.25, -0.2) is 9.37 Å². The molecule has 0 saturated heterocycles. The molecule has 0 saturated carbocycles. The van der Waals surface area contributed by atoms with E-state index in [0.717, 1.165) is 6.07 Å². The maximum Gasteiger partial charge on any atom is 0.416 e. The lowest BCUT2D eigenvalue weighted by Gasteiger charge is -2.15. The number of amides is 1. The summed E-state index contributed by atoms with van der Waals surface area (Å²) >= 11 is 0. The Kier molecular flexibility index (Phi) is 5.01. The summed E-state index contributed by atoms with van der Waals surface area (Å²) in [5.74, 6) is -0.836. The molecule has 0 aliphatic carbocycles. The van der Waals surface area contributed by atoms with Crippen molar-refractivity contribution in [1.82, 2.24) is 14.5 Å². The van der Waals surface area contributed by atoms with Crippen LogP contribution in [0.25, 0.3) is 10.9 Å². The summed E-state index contributed by atoms with van der Waals surface area (Å²) in [7, 11) is 3.30. The van der Waals surface area contributed by atoms with Gasteiger partial charge in [0.15, 0.2) is 0 Å². The Hall–Kier alpha value is -3.10. The fourth-order valence-electron chi connectivity index (χ4n) is 2.83. The first-order valence-electron chi connectivity index (χ1n) is 8.36. The number of carbonyl (C=O) groups is 1. The van der Waals surface area contributed by atoms with Crippen LogP contribution in [-0.2, 0) is 17.5 Å². The van der Waals surface area contributed by atoms with Crippen LogP contribution in [0.4, 0.5) is 29.1 Å². The van der Waals surface area contributed by atoms with Crippen LogP contribution in [0.2, 0.25) is 0 Å². The predicted octanol–water partition coefficient (Wildman–Crippen LogP) is 4.33. The van der Waals surface area contributed by atoms with E-state index in [0.29, 0.717) is 17.0 Å². The molecule has 3 rings (SSSR count). The largest absolute Gasteiger partial charge is 0.416 e. The van der Waals surface area contributed by atoms with Gasteiger partial charge in [0, 0.05) is 31.9 Å². The number of nitrogens with one attached hydrogen (secondary N) is 1. The van der Waals surface area contributed by atoms with Crippen molar-refractivity contribution >= 4 is 28.3 Å². The van der Waals surface area contributed by atoms with Crippen LogP contribution in [0.5, 0.6) is 0 Å². The van der Waals surface area contributed by atoms with Crippen LogP contribution in [0.3, 0.4) is 0 Å². The minimum Gasteiger partial charge on any atom is -0.347 e. The Bertz CT molecular complexity index is 1020. The number of nitrogens with zero attached hydrogens (tertiary/aromatic N) is 3. The fourth-order valence-corrected chi connectivity index (χ4v) is 2.83. The SMILES string of the molecule is Cc1cc(C(F)(F)F)cc(F)c1Nc1nccc2c1ccn2CC(=O)N(C)C. The minimum absolute atomic E-state index is 0.0786. The van der Waals surface area contributed by atoms with Crippen LogP contribution in [0.1, 0.15) is 11.1 Å². The zero-order valence-electron chi connectivity index (χ0n) is 15.4. The number of hydrogen-bond donors (Lipinski definition) is 1. The molecule has 0 spiro atoms. The molecule has 1 amide bonds. The first kappa shape index (κ1) is 19.7. The van der Waals surface area contributed by atoms with Gasteiger partial charge < -0.3 is 14.8 Å². The highest BCUT2D eigenvalue weighted by Gasteiger charge is 2.32. The highest BCUT2D eigenvalue weighted by atomic mass is 19.4. The van der Waals surface area contributed by atoms with Crippen LogP contribution in [-0.4, -0.2) is 34.5 Å². The Balaban J connectivity index is 1.98. The maximum atomic E-state index is 14.3. The van der Waals surface area contributed by atoms with Crippen LogP contribution >= 0.6 is 0 Å². The van der Waals surface area contributed by atoms with Crippen molar-refractivity contribution in [1.29, 1.82) is 0 Å². The summed E-state index contributed by atoms with van der Waals surface area (Å²) in [4.78, 5) is 17.6. The van der Waals surface area contributed by atoms with Crippen molar-refractivity contribution in [3.05, 3.63) is 53.6 Å². The molecule has 3 aromatic rings. The van der Waals surface area contributed by atoms with E-state index in [1.54, 1.807) is 37.0 Å². The highest BCUT2D eigenvalue weighted by molar-refractivity contribution is 5.93. The second kappa shape index (κ2) is 7.14. The number of aromatic nitrogens is 2. The summed E-state index contributed by atoms with van der Waals surface area (Å²) in [6, 6.07) is 4.76. The van der Waals surface area contributed by atoms with Crippen molar-refractivity contribution in [2.24, 2.45) is 0 Å². The predicted molar refractivity (Wildman–Crippen MR) is 97.8 cm³/mol. The van der Waals surface area contributed by atoms with E-state index in [-0.39, 0.29) is 29.5 Å². The quantitative estimate of drug-likeness (QED) is 0.670. The molecule has 0 aliphatic heterocycles. The molecule has 2 aromatic heterocycles. The molecule has 0 fully saturated rings. The monoisotopic (exact) mass is 394 g/mol. The van der Waals surface area contributed by atoms with Gasteiger partial charge in [-0.2, -0.15) is 13.2 Å². The van der Waals surface area contributed by atoms with Gasteiger partial charge >= 0.3 is 6.18 Å². The molecule has 2 heterocycles. The minimum atomic E-state index is -4.63. The lowest BCUT2D eigenvalue weighted by molar-refractivity contribution is -0.137. The number of anilines is 2. The third-order valence-corrected chi connectivity index (χ3v) is 4.36. The van der Waals surface area contributed by atoms with Crippen LogP contribution in [0.15, 0.2) is 36.7 Å². The average Bonchev–Trinajstić information content (AvgIpc) is 3.00. The molecule has 1 aromatic carbocycles. The van der Waals surface area contributed by atoms with Crippen molar-refractivity contribution < 1.29 is 22.4 Å². The van der Waals surface area contributed by atoms with Gasteiger partial charge in [-0.1, -0.05) is 0 Å². The topological polar surface area (TPSA) is 50.2 Å². The normalized spacial score (nSPS) is 11.7. The van der Waals surface area contributed by atoms with Gasteiger partial charge in [-0.3, -0.25) is 4.79 Å². The van der Waals surface area contributed by atoms with E-state index in [4.69, 9.17) is 0 Å². The van der Waals surface area contributed by atoms with E-state index in [1.807, 2.05) is 0 Å². The van der Waals surface area contributed by atoms with E-state index in [9.17, 15) is 22.4 Å². The number of rotatable bonds is 4. The number of hydrogen-bond acceptors (Lipinski definition) is 3. The van der Waals surface area contributed by atoms with Crippen LogP contribution < -0.4 is 5.32 Å². The van der Waals surface area contributed by atoms with Gasteiger partial charge in [0.1, 0.15) is 18.2 Å². The Morgan fingerprint density at radius 1 is 1.25 bits per heavy atom. The molecule has 0 radical (unpaired) electrons. The number of aryl methyl sites for hydroxylation is 1. The molecule has 0 atom stereocenters. The zero-order valence-corrected chi connectivity index (χ0v) is 15.4. The molecule has 9 heteroatoms. The lowest BCUT2D eigenvalue weighted by atomic mass is 10.1. The van der Waals surface area contributed by atoms with Crippen molar-refractivity contribution in [3.8, 4) is 0 Å². The first-order valence-corrected chi connectivity index (χ1v) is 8.36. The number of carbonyl (C=O) groups excluding carboxylic acids is 1. The summed E-state index contributed by atoms with van der Waals surface area (Å²) in [6.45, 7) is 1.51. The third-order valence-electron chi connectivity index (χ3n) is 4.36. The van der Waals surface area contributed by atoms with Gasteiger partial charge in [0.25, 0.3) is 0 Å². The third kappa shape index (κ3) is 3.78. The summed E-state index contributed by atoms with van der Waals surface area (Å²) in [5.41, 5.74) is -0.330. The molecule has 0 bridgehead atoms. The van der Waals surface area contributed by atoms with E-state index in [2.05, 4.69) is 10.3 Å². The Morgan fingerprint density at radius 2 is 1.96 bits per heavy atom. The number of pyridine rings is 1. The number of alkyl halides is 3. The molecule has 0 aliphatic rings. The number of halogens is 4. The standard InChI is InChI=1S/C19H18F4N4O/c1-11-8-12(19(21,22)23)9-14(20)17(11)25-18-13-5-7-27(10-16(28)26(2)3)15(13)4-6-24-18/h4-9H,10H2,1-3H3,(H,24,25). The lowest BCUT2D eigenvalue weighted by Crippen LogP contribution is -2.25. The summed E-state index contributed by atoms with van der Waals surface area (Å²) in [5, 5.41) is 3.41. The Morgan fingerprint density at radius 3 is 2.57 bits per heavy atom. The number of benzene rings is 1. The van der Waals surface area contributed by atoms with Gasteiger partial charge in [0.2, 0.25) is 5.91 Å². The first-order chi connectivity index (χ1) is 13.1. The van der Waals surface area contributed by atoms with Crippen molar-refractivity contribution in [3.63, 3.8) is 0 Å². The molecule has 28 heavy (non-hydrogen) atoms.